The lowest BCUT2D eigenvalue weighted by Crippen LogP contribution is -2.46. The number of carbonyl (C=O) groups excluding carboxylic acids is 1. The Morgan fingerprint density at radius 1 is 1.44 bits per heavy atom. The van der Waals surface area contributed by atoms with Gasteiger partial charge in [0, 0.05) is 26.2 Å². The zero-order valence-corrected chi connectivity index (χ0v) is 9.02. The van der Waals surface area contributed by atoms with Crippen molar-refractivity contribution >= 4 is 11.6 Å². The van der Waals surface area contributed by atoms with Crippen LogP contribution in [0.2, 0.25) is 0 Å². The molecule has 1 saturated heterocycles. The molecule has 1 aromatic rings. The molecule has 0 aromatic carbocycles. The lowest BCUT2D eigenvalue weighted by molar-refractivity contribution is -0.117. The molecule has 2 heterocycles. The second kappa shape index (κ2) is 5.53. The third-order valence-electron chi connectivity index (χ3n) is 2.44. The summed E-state index contributed by atoms with van der Waals surface area (Å²) in [5.41, 5.74) is 0.690. The van der Waals surface area contributed by atoms with Gasteiger partial charge in [0.2, 0.25) is 5.91 Å². The predicted molar refractivity (Wildman–Crippen MR) is 60.0 cm³/mol. The van der Waals surface area contributed by atoms with Gasteiger partial charge in [-0.1, -0.05) is 0 Å². The maximum atomic E-state index is 11.7. The van der Waals surface area contributed by atoms with Crippen molar-refractivity contribution in [1.29, 1.82) is 0 Å². The van der Waals surface area contributed by atoms with E-state index in [1.807, 2.05) is 0 Å². The van der Waals surface area contributed by atoms with Crippen molar-refractivity contribution in [1.82, 2.24) is 20.4 Å². The standard InChI is InChI=1S/C10H15N5O/c16-10(8-15-5-3-11-4-6-15)14-9-1-2-12-13-7-9/h1-2,7,11H,3-6,8H2,(H,12,14,16). The van der Waals surface area contributed by atoms with Crippen molar-refractivity contribution in [2.24, 2.45) is 0 Å². The number of nitrogens with zero attached hydrogens (tertiary/aromatic N) is 3. The lowest BCUT2D eigenvalue weighted by atomic mass is 10.3. The van der Waals surface area contributed by atoms with E-state index in [1.54, 1.807) is 12.3 Å². The monoisotopic (exact) mass is 221 g/mol. The van der Waals surface area contributed by atoms with Crippen LogP contribution in [0.15, 0.2) is 18.5 Å². The molecule has 0 atom stereocenters. The van der Waals surface area contributed by atoms with Gasteiger partial charge in [-0.25, -0.2) is 0 Å². The highest BCUT2D eigenvalue weighted by Crippen LogP contribution is 2.01. The maximum Gasteiger partial charge on any atom is 0.238 e. The number of piperazine rings is 1. The van der Waals surface area contributed by atoms with Crippen LogP contribution in [0.1, 0.15) is 0 Å². The summed E-state index contributed by atoms with van der Waals surface area (Å²) in [7, 11) is 0. The van der Waals surface area contributed by atoms with Gasteiger partial charge in [0.25, 0.3) is 0 Å². The Balaban J connectivity index is 1.80. The molecule has 2 rings (SSSR count). The Bertz CT molecular complexity index is 336. The molecule has 0 spiro atoms. The molecule has 16 heavy (non-hydrogen) atoms. The zero-order valence-electron chi connectivity index (χ0n) is 9.02. The van der Waals surface area contributed by atoms with Crippen LogP contribution in [0.25, 0.3) is 0 Å². The maximum absolute atomic E-state index is 11.7. The fourth-order valence-electron chi connectivity index (χ4n) is 1.64. The Morgan fingerprint density at radius 2 is 2.25 bits per heavy atom. The number of hydrogen-bond acceptors (Lipinski definition) is 5. The van der Waals surface area contributed by atoms with Gasteiger partial charge in [0.05, 0.1) is 24.6 Å². The molecule has 1 fully saturated rings. The van der Waals surface area contributed by atoms with Crippen LogP contribution in [-0.4, -0.2) is 53.7 Å². The van der Waals surface area contributed by atoms with Gasteiger partial charge in [-0.3, -0.25) is 9.69 Å². The molecule has 0 radical (unpaired) electrons. The average molecular weight is 221 g/mol. The van der Waals surface area contributed by atoms with E-state index in [0.29, 0.717) is 12.2 Å². The molecule has 0 saturated carbocycles. The number of nitrogens with one attached hydrogen (secondary N) is 2. The summed E-state index contributed by atoms with van der Waals surface area (Å²) in [5, 5.41) is 13.4. The second-order valence-corrected chi connectivity index (χ2v) is 3.71. The molecular formula is C10H15N5O. The second-order valence-electron chi connectivity index (χ2n) is 3.71. The molecule has 6 nitrogen and oxygen atoms in total. The zero-order chi connectivity index (χ0) is 11.2. The molecule has 86 valence electrons. The molecular weight excluding hydrogens is 206 g/mol. The van der Waals surface area contributed by atoms with E-state index in [0.717, 1.165) is 26.2 Å². The molecule has 1 aliphatic heterocycles. The minimum absolute atomic E-state index is 0.00472. The van der Waals surface area contributed by atoms with Crippen LogP contribution < -0.4 is 10.6 Å². The van der Waals surface area contributed by atoms with Gasteiger partial charge >= 0.3 is 0 Å². The molecule has 2 N–H and O–H groups in total. The minimum Gasteiger partial charge on any atom is -0.323 e. The number of aromatic nitrogens is 2. The van der Waals surface area contributed by atoms with E-state index in [2.05, 4.69) is 25.7 Å². The highest BCUT2D eigenvalue weighted by Gasteiger charge is 2.13. The highest BCUT2D eigenvalue weighted by molar-refractivity contribution is 5.91. The van der Waals surface area contributed by atoms with E-state index in [9.17, 15) is 4.79 Å². The van der Waals surface area contributed by atoms with Crippen LogP contribution in [0, 0.1) is 0 Å². The highest BCUT2D eigenvalue weighted by atomic mass is 16.2. The van der Waals surface area contributed by atoms with Gasteiger partial charge in [0.1, 0.15) is 0 Å². The first-order valence-electron chi connectivity index (χ1n) is 5.34. The first-order valence-corrected chi connectivity index (χ1v) is 5.34. The molecule has 1 aliphatic rings. The van der Waals surface area contributed by atoms with Crippen molar-refractivity contribution in [3.63, 3.8) is 0 Å². The fraction of sp³-hybridized carbons (Fsp3) is 0.500. The van der Waals surface area contributed by atoms with Crippen molar-refractivity contribution < 1.29 is 4.79 Å². The Hall–Kier alpha value is -1.53. The summed E-state index contributed by atoms with van der Waals surface area (Å²) in [6.45, 7) is 4.17. The first kappa shape index (κ1) is 11.0. The molecule has 0 aliphatic carbocycles. The quantitative estimate of drug-likeness (QED) is 0.707. The molecule has 0 bridgehead atoms. The van der Waals surface area contributed by atoms with Crippen molar-refractivity contribution in [2.45, 2.75) is 0 Å². The van der Waals surface area contributed by atoms with Gasteiger partial charge in [-0.15, -0.1) is 0 Å². The normalized spacial score (nSPS) is 17.0. The summed E-state index contributed by atoms with van der Waals surface area (Å²) in [4.78, 5) is 13.8. The predicted octanol–water partition coefficient (Wildman–Crippen LogP) is -0.680. The van der Waals surface area contributed by atoms with Crippen molar-refractivity contribution in [3.05, 3.63) is 18.5 Å². The van der Waals surface area contributed by atoms with E-state index < -0.39 is 0 Å². The lowest BCUT2D eigenvalue weighted by Gasteiger charge is -2.26. The Morgan fingerprint density at radius 3 is 2.94 bits per heavy atom. The Kier molecular flexibility index (Phi) is 3.79. The molecule has 1 amide bonds. The minimum atomic E-state index is -0.00472. The first-order chi connectivity index (χ1) is 7.84. The van der Waals surface area contributed by atoms with Crippen molar-refractivity contribution in [2.75, 3.05) is 38.0 Å². The number of carbonyl (C=O) groups is 1. The van der Waals surface area contributed by atoms with E-state index >= 15 is 0 Å². The largest absolute Gasteiger partial charge is 0.323 e. The van der Waals surface area contributed by atoms with E-state index in [4.69, 9.17) is 0 Å². The van der Waals surface area contributed by atoms with Gasteiger partial charge in [-0.05, 0) is 6.07 Å². The number of rotatable bonds is 3. The van der Waals surface area contributed by atoms with Gasteiger partial charge < -0.3 is 10.6 Å². The molecule has 1 aromatic heterocycles. The van der Waals surface area contributed by atoms with Gasteiger partial charge in [0.15, 0.2) is 0 Å². The Labute approximate surface area is 94.0 Å². The summed E-state index contributed by atoms with van der Waals surface area (Å²) >= 11 is 0. The number of hydrogen-bond donors (Lipinski definition) is 2. The smallest absolute Gasteiger partial charge is 0.238 e. The number of anilines is 1. The third kappa shape index (κ3) is 3.25. The van der Waals surface area contributed by atoms with E-state index in [1.165, 1.54) is 6.20 Å². The summed E-state index contributed by atoms with van der Waals surface area (Å²) in [6.07, 6.45) is 3.09. The van der Waals surface area contributed by atoms with Gasteiger partial charge in [-0.2, -0.15) is 10.2 Å². The van der Waals surface area contributed by atoms with Crippen LogP contribution in [0.3, 0.4) is 0 Å². The van der Waals surface area contributed by atoms with Crippen molar-refractivity contribution in [3.8, 4) is 0 Å². The van der Waals surface area contributed by atoms with E-state index in [-0.39, 0.29) is 5.91 Å². The fourth-order valence-corrected chi connectivity index (χ4v) is 1.64. The van der Waals surface area contributed by atoms with Crippen LogP contribution >= 0.6 is 0 Å². The third-order valence-corrected chi connectivity index (χ3v) is 2.44. The van der Waals surface area contributed by atoms with Crippen LogP contribution in [0.5, 0.6) is 0 Å². The SMILES string of the molecule is O=C(CN1CCNCC1)Nc1ccnnc1. The summed E-state index contributed by atoms with van der Waals surface area (Å²) in [6, 6.07) is 1.72. The molecule has 6 heteroatoms. The summed E-state index contributed by atoms with van der Waals surface area (Å²) < 4.78 is 0. The molecule has 0 unspecified atom stereocenters. The summed E-state index contributed by atoms with van der Waals surface area (Å²) in [5.74, 6) is -0.00472. The topological polar surface area (TPSA) is 70.2 Å². The van der Waals surface area contributed by atoms with Crippen LogP contribution in [0.4, 0.5) is 5.69 Å². The van der Waals surface area contributed by atoms with Crippen LogP contribution in [-0.2, 0) is 4.79 Å². The number of amides is 1. The average Bonchev–Trinajstić information content (AvgIpc) is 2.31.